The normalized spacial score (nSPS) is 11.0. The van der Waals surface area contributed by atoms with Gasteiger partial charge in [0, 0.05) is 29.7 Å². The van der Waals surface area contributed by atoms with Crippen LogP contribution in [0.2, 0.25) is 0 Å². The molecule has 23 heavy (non-hydrogen) atoms. The lowest BCUT2D eigenvalue weighted by molar-refractivity contribution is 0.0950. The van der Waals surface area contributed by atoms with E-state index in [9.17, 15) is 4.79 Å². The van der Waals surface area contributed by atoms with Crippen molar-refractivity contribution in [3.8, 4) is 0 Å². The Labute approximate surface area is 133 Å². The highest BCUT2D eigenvalue weighted by molar-refractivity contribution is 6.13. The minimum absolute atomic E-state index is 0.315. The van der Waals surface area contributed by atoms with E-state index in [2.05, 4.69) is 20.5 Å². The molecule has 1 N–H and O–H groups in total. The van der Waals surface area contributed by atoms with E-state index in [0.29, 0.717) is 11.4 Å². The standard InChI is InChI=1S/C18H14N4O/c23-18(16-10-4-5-12-20-16)22-21-17(14-7-2-1-3-8-14)15-9-6-11-19-13-15/h1-13H,(H,22,23)/b21-17+. The van der Waals surface area contributed by atoms with Gasteiger partial charge in [0.2, 0.25) is 0 Å². The number of benzene rings is 1. The summed E-state index contributed by atoms with van der Waals surface area (Å²) < 4.78 is 0. The van der Waals surface area contributed by atoms with E-state index >= 15 is 0 Å². The molecule has 112 valence electrons. The number of rotatable bonds is 4. The minimum atomic E-state index is -0.358. The molecule has 3 rings (SSSR count). The molecule has 0 spiro atoms. The fraction of sp³-hybridized carbons (Fsp3) is 0. The molecule has 0 atom stereocenters. The molecule has 0 aliphatic heterocycles. The Hall–Kier alpha value is -3.34. The topological polar surface area (TPSA) is 67.2 Å². The molecule has 0 radical (unpaired) electrons. The van der Waals surface area contributed by atoms with Crippen molar-refractivity contribution in [2.24, 2.45) is 5.10 Å². The van der Waals surface area contributed by atoms with E-state index in [4.69, 9.17) is 0 Å². The molecule has 1 aromatic carbocycles. The summed E-state index contributed by atoms with van der Waals surface area (Å²) in [6, 6.07) is 18.5. The van der Waals surface area contributed by atoms with E-state index < -0.39 is 0 Å². The molecule has 0 aliphatic rings. The number of nitrogens with one attached hydrogen (secondary N) is 1. The van der Waals surface area contributed by atoms with Crippen LogP contribution in [-0.2, 0) is 0 Å². The van der Waals surface area contributed by atoms with Gasteiger partial charge >= 0.3 is 0 Å². The van der Waals surface area contributed by atoms with Crippen LogP contribution in [0.4, 0.5) is 0 Å². The molecule has 5 heteroatoms. The molecular formula is C18H14N4O. The van der Waals surface area contributed by atoms with E-state index in [1.165, 1.54) is 0 Å². The van der Waals surface area contributed by atoms with Crippen LogP contribution in [0.25, 0.3) is 0 Å². The Morgan fingerprint density at radius 1 is 0.870 bits per heavy atom. The zero-order valence-corrected chi connectivity index (χ0v) is 12.3. The summed E-state index contributed by atoms with van der Waals surface area (Å²) >= 11 is 0. The van der Waals surface area contributed by atoms with E-state index in [1.807, 2.05) is 42.5 Å². The third-order valence-electron chi connectivity index (χ3n) is 3.15. The van der Waals surface area contributed by atoms with Crippen molar-refractivity contribution < 1.29 is 4.79 Å². The second-order valence-corrected chi connectivity index (χ2v) is 4.72. The molecule has 0 unspecified atom stereocenters. The lowest BCUT2D eigenvalue weighted by atomic mass is 10.0. The quantitative estimate of drug-likeness (QED) is 0.595. The Balaban J connectivity index is 1.91. The van der Waals surface area contributed by atoms with Gasteiger partial charge in [-0.1, -0.05) is 36.4 Å². The smallest absolute Gasteiger partial charge is 0.266 e. The summed E-state index contributed by atoms with van der Waals surface area (Å²) in [5.41, 5.74) is 5.22. The highest BCUT2D eigenvalue weighted by atomic mass is 16.2. The summed E-state index contributed by atoms with van der Waals surface area (Å²) in [5.74, 6) is -0.358. The van der Waals surface area contributed by atoms with Gasteiger partial charge < -0.3 is 0 Å². The van der Waals surface area contributed by atoms with Crippen molar-refractivity contribution in [2.45, 2.75) is 0 Å². The van der Waals surface area contributed by atoms with Crippen LogP contribution >= 0.6 is 0 Å². The van der Waals surface area contributed by atoms with Gasteiger partial charge in [0.25, 0.3) is 5.91 Å². The monoisotopic (exact) mass is 302 g/mol. The van der Waals surface area contributed by atoms with E-state index in [1.54, 1.807) is 36.8 Å². The lowest BCUT2D eigenvalue weighted by Gasteiger charge is -2.07. The number of pyridine rings is 2. The first-order valence-corrected chi connectivity index (χ1v) is 7.09. The third-order valence-corrected chi connectivity index (χ3v) is 3.15. The number of hydrogen-bond acceptors (Lipinski definition) is 4. The van der Waals surface area contributed by atoms with Crippen LogP contribution in [0, 0.1) is 0 Å². The summed E-state index contributed by atoms with van der Waals surface area (Å²) in [5, 5.41) is 4.28. The predicted molar refractivity (Wildman–Crippen MR) is 88.0 cm³/mol. The van der Waals surface area contributed by atoms with Gasteiger partial charge in [-0.25, -0.2) is 5.43 Å². The average Bonchev–Trinajstić information content (AvgIpc) is 2.64. The van der Waals surface area contributed by atoms with Crippen LogP contribution in [0.15, 0.2) is 84.4 Å². The maximum absolute atomic E-state index is 12.1. The van der Waals surface area contributed by atoms with Crippen LogP contribution in [-0.4, -0.2) is 21.6 Å². The van der Waals surface area contributed by atoms with Gasteiger partial charge in [0.1, 0.15) is 5.69 Å². The minimum Gasteiger partial charge on any atom is -0.266 e. The van der Waals surface area contributed by atoms with E-state index in [0.717, 1.165) is 11.1 Å². The number of aromatic nitrogens is 2. The Bertz CT molecular complexity index is 761. The summed E-state index contributed by atoms with van der Waals surface area (Å²) in [4.78, 5) is 20.2. The van der Waals surface area contributed by atoms with Crippen molar-refractivity contribution in [2.75, 3.05) is 0 Å². The van der Waals surface area contributed by atoms with Crippen LogP contribution < -0.4 is 5.43 Å². The molecule has 5 nitrogen and oxygen atoms in total. The number of hydrogen-bond donors (Lipinski definition) is 1. The predicted octanol–water partition coefficient (Wildman–Crippen LogP) is 2.66. The molecule has 0 fully saturated rings. The third kappa shape index (κ3) is 3.65. The Morgan fingerprint density at radius 2 is 1.65 bits per heavy atom. The highest BCUT2D eigenvalue weighted by Gasteiger charge is 2.09. The first-order chi connectivity index (χ1) is 11.3. The summed E-state index contributed by atoms with van der Waals surface area (Å²) in [6.07, 6.45) is 4.97. The summed E-state index contributed by atoms with van der Waals surface area (Å²) in [6.45, 7) is 0. The van der Waals surface area contributed by atoms with Gasteiger partial charge in [-0.3, -0.25) is 14.8 Å². The number of amides is 1. The van der Waals surface area contributed by atoms with Crippen molar-refractivity contribution in [3.05, 3.63) is 96.1 Å². The molecule has 0 bridgehead atoms. The second kappa shape index (κ2) is 7.09. The van der Waals surface area contributed by atoms with Gasteiger partial charge in [-0.15, -0.1) is 0 Å². The highest BCUT2D eigenvalue weighted by Crippen LogP contribution is 2.09. The molecular weight excluding hydrogens is 288 g/mol. The fourth-order valence-electron chi connectivity index (χ4n) is 2.06. The van der Waals surface area contributed by atoms with Crippen molar-refractivity contribution in [1.82, 2.24) is 15.4 Å². The molecule has 0 saturated carbocycles. The first kappa shape index (κ1) is 14.6. The van der Waals surface area contributed by atoms with Gasteiger partial charge in [-0.05, 0) is 24.3 Å². The van der Waals surface area contributed by atoms with E-state index in [-0.39, 0.29) is 5.91 Å². The van der Waals surface area contributed by atoms with Crippen molar-refractivity contribution in [1.29, 1.82) is 0 Å². The van der Waals surface area contributed by atoms with Crippen molar-refractivity contribution in [3.63, 3.8) is 0 Å². The lowest BCUT2D eigenvalue weighted by Crippen LogP contribution is -2.21. The van der Waals surface area contributed by atoms with Crippen LogP contribution in [0.5, 0.6) is 0 Å². The summed E-state index contributed by atoms with van der Waals surface area (Å²) in [7, 11) is 0. The second-order valence-electron chi connectivity index (χ2n) is 4.72. The number of carbonyl (C=O) groups is 1. The fourth-order valence-corrected chi connectivity index (χ4v) is 2.06. The molecule has 1 amide bonds. The van der Waals surface area contributed by atoms with Gasteiger partial charge in [0.05, 0.1) is 5.71 Å². The van der Waals surface area contributed by atoms with Gasteiger partial charge in [0.15, 0.2) is 0 Å². The maximum Gasteiger partial charge on any atom is 0.289 e. The average molecular weight is 302 g/mol. The van der Waals surface area contributed by atoms with Crippen LogP contribution in [0.3, 0.4) is 0 Å². The van der Waals surface area contributed by atoms with Crippen molar-refractivity contribution >= 4 is 11.6 Å². The molecule has 3 aromatic rings. The van der Waals surface area contributed by atoms with Gasteiger partial charge in [-0.2, -0.15) is 5.10 Å². The molecule has 0 aliphatic carbocycles. The first-order valence-electron chi connectivity index (χ1n) is 7.09. The number of nitrogens with zero attached hydrogens (tertiary/aromatic N) is 3. The molecule has 2 heterocycles. The SMILES string of the molecule is O=C(N/N=C(\c1ccccc1)c1cccnc1)c1ccccn1. The molecule has 2 aromatic heterocycles. The number of hydrazone groups is 1. The number of carbonyl (C=O) groups excluding carboxylic acids is 1. The zero-order valence-electron chi connectivity index (χ0n) is 12.3. The van der Waals surface area contributed by atoms with Crippen LogP contribution in [0.1, 0.15) is 21.6 Å². The Morgan fingerprint density at radius 3 is 2.35 bits per heavy atom. The Kier molecular flexibility index (Phi) is 4.49. The largest absolute Gasteiger partial charge is 0.289 e. The maximum atomic E-state index is 12.1. The molecule has 0 saturated heterocycles. The zero-order chi connectivity index (χ0) is 15.9.